The van der Waals surface area contributed by atoms with Crippen molar-refractivity contribution in [3.63, 3.8) is 0 Å². The van der Waals surface area contributed by atoms with Crippen molar-refractivity contribution < 1.29 is 4.74 Å². The van der Waals surface area contributed by atoms with Gasteiger partial charge in [-0.2, -0.15) is 5.10 Å². The minimum absolute atomic E-state index is 0.124. The molecule has 194 valence electrons. The van der Waals surface area contributed by atoms with Gasteiger partial charge in [-0.15, -0.1) is 0 Å². The largest absolute Gasteiger partial charge is 0.489 e. The van der Waals surface area contributed by atoms with Crippen molar-refractivity contribution in [3.8, 4) is 17.0 Å². The number of benzene rings is 1. The number of fused-ring (bicyclic) bond motifs is 3. The van der Waals surface area contributed by atoms with E-state index in [1.54, 1.807) is 0 Å². The third kappa shape index (κ3) is 3.78. The minimum atomic E-state index is -0.176. The Kier molecular flexibility index (Phi) is 5.58. The Balaban J connectivity index is 1.13. The molecule has 0 spiro atoms. The average Bonchev–Trinajstić information content (AvgIpc) is 3.73. The molecule has 37 heavy (non-hydrogen) atoms. The Labute approximate surface area is 217 Å². The predicted octanol–water partition coefficient (Wildman–Crippen LogP) is 4.42. The molecule has 2 fully saturated rings. The Bertz CT molecular complexity index is 1300. The number of ether oxygens (including phenoxy) is 1. The molecule has 0 radical (unpaired) electrons. The molecule has 1 aromatic carbocycles. The zero-order valence-electron chi connectivity index (χ0n) is 21.6. The average molecular weight is 501 g/mol. The summed E-state index contributed by atoms with van der Waals surface area (Å²) in [6.07, 6.45) is 11.8. The number of hydrogen-bond acceptors (Lipinski definition) is 7. The lowest BCUT2D eigenvalue weighted by Crippen LogP contribution is -2.49. The van der Waals surface area contributed by atoms with Crippen molar-refractivity contribution in [3.05, 3.63) is 47.9 Å². The molecule has 0 aliphatic carbocycles. The molecule has 4 N–H and O–H groups in total. The molecule has 6 heterocycles. The number of hydrazone groups is 1. The van der Waals surface area contributed by atoms with E-state index in [0.717, 1.165) is 66.7 Å². The number of H-pyrrole nitrogens is 2. The van der Waals surface area contributed by atoms with Gasteiger partial charge in [-0.3, -0.25) is 5.01 Å². The zero-order valence-corrected chi connectivity index (χ0v) is 21.6. The predicted molar refractivity (Wildman–Crippen MR) is 144 cm³/mol. The summed E-state index contributed by atoms with van der Waals surface area (Å²) < 4.78 is 6.41. The van der Waals surface area contributed by atoms with Crippen molar-refractivity contribution in [2.75, 3.05) is 24.7 Å². The molecule has 9 nitrogen and oxygen atoms in total. The van der Waals surface area contributed by atoms with E-state index in [1.165, 1.54) is 18.5 Å². The van der Waals surface area contributed by atoms with E-state index in [-0.39, 0.29) is 17.4 Å². The molecule has 0 amide bonds. The Morgan fingerprint density at radius 2 is 1.81 bits per heavy atom. The van der Waals surface area contributed by atoms with Crippen LogP contribution in [0.25, 0.3) is 11.3 Å². The lowest BCUT2D eigenvalue weighted by atomic mass is 9.70. The van der Waals surface area contributed by atoms with Gasteiger partial charge in [0.15, 0.2) is 0 Å². The van der Waals surface area contributed by atoms with Crippen molar-refractivity contribution >= 4 is 11.9 Å². The van der Waals surface area contributed by atoms with Gasteiger partial charge >= 0.3 is 0 Å². The Morgan fingerprint density at radius 3 is 2.54 bits per heavy atom. The number of nitrogens with one attached hydrogen (secondary N) is 4. The highest BCUT2D eigenvalue weighted by molar-refractivity contribution is 5.79. The van der Waals surface area contributed by atoms with Crippen LogP contribution in [-0.2, 0) is 0 Å². The minimum Gasteiger partial charge on any atom is -0.489 e. The number of nitrogens with zero attached hydrogens (tertiary/aromatic N) is 4. The molecule has 7 rings (SSSR count). The van der Waals surface area contributed by atoms with Gasteiger partial charge in [-0.1, -0.05) is 19.9 Å². The first kappa shape index (κ1) is 23.0. The van der Waals surface area contributed by atoms with E-state index in [1.807, 2.05) is 12.4 Å². The highest BCUT2D eigenvalue weighted by Crippen LogP contribution is 2.50. The van der Waals surface area contributed by atoms with Crippen molar-refractivity contribution in [1.82, 2.24) is 30.6 Å². The van der Waals surface area contributed by atoms with Gasteiger partial charge in [-0.05, 0) is 57.3 Å². The van der Waals surface area contributed by atoms with Crippen LogP contribution in [0.1, 0.15) is 81.3 Å². The van der Waals surface area contributed by atoms with Crippen LogP contribution in [0.15, 0.2) is 35.7 Å². The summed E-state index contributed by atoms with van der Waals surface area (Å²) in [6.45, 7) is 7.29. The summed E-state index contributed by atoms with van der Waals surface area (Å²) in [4.78, 5) is 16.6. The van der Waals surface area contributed by atoms with Crippen LogP contribution >= 0.6 is 0 Å². The molecule has 9 heteroatoms. The van der Waals surface area contributed by atoms with E-state index >= 15 is 0 Å². The van der Waals surface area contributed by atoms with E-state index in [4.69, 9.17) is 14.8 Å². The highest BCUT2D eigenvalue weighted by Gasteiger charge is 2.50. The van der Waals surface area contributed by atoms with Crippen LogP contribution in [0, 0.1) is 5.41 Å². The topological polar surface area (TPSA) is 106 Å². The first-order valence-corrected chi connectivity index (χ1v) is 13.8. The molecule has 2 aromatic heterocycles. The summed E-state index contributed by atoms with van der Waals surface area (Å²) in [5, 5.41) is 14.2. The summed E-state index contributed by atoms with van der Waals surface area (Å²) in [5.74, 6) is 3.22. The lowest BCUT2D eigenvalue weighted by Gasteiger charge is -2.41. The molecule has 5 unspecified atom stereocenters. The van der Waals surface area contributed by atoms with Gasteiger partial charge in [0.2, 0.25) is 0 Å². The fourth-order valence-corrected chi connectivity index (χ4v) is 6.77. The Morgan fingerprint density at radius 1 is 1.05 bits per heavy atom. The first-order chi connectivity index (χ1) is 18.1. The number of rotatable bonds is 6. The van der Waals surface area contributed by atoms with E-state index < -0.39 is 0 Å². The molecular formula is C28H36N8O. The third-order valence-electron chi connectivity index (χ3n) is 8.91. The van der Waals surface area contributed by atoms with Gasteiger partial charge in [0, 0.05) is 35.0 Å². The lowest BCUT2D eigenvalue weighted by molar-refractivity contribution is 0.190. The maximum absolute atomic E-state index is 6.41. The monoisotopic (exact) mass is 500 g/mol. The third-order valence-corrected chi connectivity index (χ3v) is 8.91. The molecule has 5 atom stereocenters. The standard InChI is InChI=1S/C28H36N8O/c1-3-18(22-14-32-27(35-22)20-7-5-11-30-20)28(2)16-33-36-23-9-8-17(12-24(23)37-15-25(28)36)21-13-31-26(34-21)19-6-4-10-29-19/h8-9,12-14,16,18-20,25,29-30H,3-7,10-11,15H2,1-2H3,(H,31,34)(H,32,35). The summed E-state index contributed by atoms with van der Waals surface area (Å²) in [7, 11) is 0. The first-order valence-electron chi connectivity index (χ1n) is 13.8. The number of imidazole rings is 2. The van der Waals surface area contributed by atoms with Crippen LogP contribution < -0.4 is 20.4 Å². The second kappa shape index (κ2) is 8.99. The SMILES string of the molecule is CCC(c1cnc(C2CCCN2)[nH]1)C1(C)C=NN2c3ccc(-c4cnc(C5CCCN5)[nH]4)cc3OCC21. The fraction of sp³-hybridized carbons (Fsp3) is 0.536. The number of anilines is 1. The number of aromatic nitrogens is 4. The van der Waals surface area contributed by atoms with Crippen LogP contribution in [0.4, 0.5) is 5.69 Å². The van der Waals surface area contributed by atoms with Gasteiger partial charge in [0.05, 0.1) is 30.0 Å². The molecule has 3 aromatic rings. The van der Waals surface area contributed by atoms with Gasteiger partial charge in [0.1, 0.15) is 29.7 Å². The van der Waals surface area contributed by atoms with Crippen LogP contribution in [0.2, 0.25) is 0 Å². The van der Waals surface area contributed by atoms with Crippen molar-refractivity contribution in [2.24, 2.45) is 10.5 Å². The normalized spacial score (nSPS) is 29.4. The maximum atomic E-state index is 6.41. The van der Waals surface area contributed by atoms with Crippen LogP contribution in [-0.4, -0.2) is 51.9 Å². The summed E-state index contributed by atoms with van der Waals surface area (Å²) >= 11 is 0. The number of aromatic amines is 2. The quantitative estimate of drug-likeness (QED) is 0.399. The highest BCUT2D eigenvalue weighted by atomic mass is 16.5. The smallest absolute Gasteiger partial charge is 0.145 e. The van der Waals surface area contributed by atoms with Crippen molar-refractivity contribution in [1.29, 1.82) is 0 Å². The fourth-order valence-electron chi connectivity index (χ4n) is 6.77. The van der Waals surface area contributed by atoms with E-state index in [2.05, 4.69) is 68.9 Å². The number of hydrogen-bond donors (Lipinski definition) is 4. The van der Waals surface area contributed by atoms with Gasteiger partial charge < -0.3 is 25.3 Å². The Hall–Kier alpha value is -3.17. The van der Waals surface area contributed by atoms with Crippen LogP contribution in [0.3, 0.4) is 0 Å². The molecule has 4 aliphatic heterocycles. The van der Waals surface area contributed by atoms with Crippen LogP contribution in [0.5, 0.6) is 5.75 Å². The van der Waals surface area contributed by atoms with E-state index in [0.29, 0.717) is 18.7 Å². The van der Waals surface area contributed by atoms with Gasteiger partial charge in [-0.25, -0.2) is 9.97 Å². The molecular weight excluding hydrogens is 464 g/mol. The van der Waals surface area contributed by atoms with Crippen molar-refractivity contribution in [2.45, 2.75) is 70.0 Å². The maximum Gasteiger partial charge on any atom is 0.145 e. The summed E-state index contributed by atoms with van der Waals surface area (Å²) in [5.41, 5.74) is 4.13. The second-order valence-electron chi connectivity index (χ2n) is 11.1. The molecule has 4 aliphatic rings. The zero-order chi connectivity index (χ0) is 25.0. The molecule has 0 bridgehead atoms. The van der Waals surface area contributed by atoms with Gasteiger partial charge in [0.25, 0.3) is 0 Å². The second-order valence-corrected chi connectivity index (χ2v) is 11.1. The van der Waals surface area contributed by atoms with E-state index in [9.17, 15) is 0 Å². The molecule has 2 saturated heterocycles. The molecule has 0 saturated carbocycles. The summed E-state index contributed by atoms with van der Waals surface area (Å²) in [6, 6.07) is 7.18.